The molecule has 23 heavy (non-hydrogen) atoms. The second-order valence-corrected chi connectivity index (χ2v) is 4.89. The number of pyridine rings is 1. The number of aromatic carboxylic acids is 1. The van der Waals surface area contributed by atoms with Gasteiger partial charge >= 0.3 is 12.1 Å². The Bertz CT molecular complexity index is 921. The first-order valence-corrected chi connectivity index (χ1v) is 7.09. The second-order valence-electron chi connectivity index (χ2n) is 4.89. The van der Waals surface area contributed by atoms with Gasteiger partial charge in [-0.25, -0.2) is 14.6 Å². The summed E-state index contributed by atoms with van der Waals surface area (Å²) in [5.74, 6) is -1.09. The van der Waals surface area contributed by atoms with Crippen molar-refractivity contribution in [2.45, 2.75) is 6.92 Å². The van der Waals surface area contributed by atoms with Crippen LogP contribution in [0.25, 0.3) is 21.7 Å². The third kappa shape index (κ3) is 2.78. The molecule has 0 aliphatic rings. The number of nitrogens with zero attached hydrogens (tertiary/aromatic N) is 1. The van der Waals surface area contributed by atoms with Gasteiger partial charge in [-0.3, -0.25) is 5.32 Å². The molecule has 0 bridgehead atoms. The van der Waals surface area contributed by atoms with Crippen LogP contribution in [0.3, 0.4) is 0 Å². The van der Waals surface area contributed by atoms with Crippen LogP contribution in [0.15, 0.2) is 42.5 Å². The molecule has 0 unspecified atom stereocenters. The standard InChI is InChI=1S/C17H14N2O4/c1-2-23-17(22)18-10-7-8-12-13(9-10)11-5-3-4-6-14(11)19-15(12)16(20)21/h3-9H,2H2,1H3,(H,18,22)(H,20,21). The van der Waals surface area contributed by atoms with Gasteiger partial charge in [0.15, 0.2) is 5.69 Å². The summed E-state index contributed by atoms with van der Waals surface area (Å²) in [4.78, 5) is 27.2. The highest BCUT2D eigenvalue weighted by Gasteiger charge is 2.14. The minimum Gasteiger partial charge on any atom is -0.476 e. The molecule has 3 rings (SSSR count). The number of ether oxygens (including phenoxy) is 1. The van der Waals surface area contributed by atoms with Crippen LogP contribution in [-0.2, 0) is 4.74 Å². The first-order valence-electron chi connectivity index (χ1n) is 7.09. The van der Waals surface area contributed by atoms with Crippen molar-refractivity contribution in [1.29, 1.82) is 0 Å². The van der Waals surface area contributed by atoms with Gasteiger partial charge in [0.25, 0.3) is 0 Å². The van der Waals surface area contributed by atoms with Crippen LogP contribution < -0.4 is 5.32 Å². The Balaban J connectivity index is 2.21. The van der Waals surface area contributed by atoms with E-state index in [0.717, 1.165) is 5.39 Å². The Morgan fingerprint density at radius 2 is 1.91 bits per heavy atom. The molecule has 0 saturated heterocycles. The number of carbonyl (C=O) groups excluding carboxylic acids is 1. The van der Waals surface area contributed by atoms with E-state index in [1.807, 2.05) is 12.1 Å². The first kappa shape index (κ1) is 14.8. The first-order chi connectivity index (χ1) is 11.1. The van der Waals surface area contributed by atoms with Crippen molar-refractivity contribution in [3.05, 3.63) is 48.2 Å². The molecule has 0 saturated carbocycles. The monoisotopic (exact) mass is 310 g/mol. The molecule has 2 N–H and O–H groups in total. The highest BCUT2D eigenvalue weighted by Crippen LogP contribution is 2.29. The molecule has 1 heterocycles. The van der Waals surface area contributed by atoms with E-state index < -0.39 is 12.1 Å². The molecule has 2 aromatic carbocycles. The summed E-state index contributed by atoms with van der Waals surface area (Å²) in [6, 6.07) is 12.3. The number of aromatic nitrogens is 1. The fraction of sp³-hybridized carbons (Fsp3) is 0.118. The fourth-order valence-electron chi connectivity index (χ4n) is 2.48. The summed E-state index contributed by atoms with van der Waals surface area (Å²) < 4.78 is 4.85. The molecule has 0 radical (unpaired) electrons. The molecular weight excluding hydrogens is 296 g/mol. The molecule has 3 aromatic rings. The zero-order valence-corrected chi connectivity index (χ0v) is 12.4. The zero-order valence-electron chi connectivity index (χ0n) is 12.4. The van der Waals surface area contributed by atoms with E-state index in [4.69, 9.17) is 4.74 Å². The molecule has 0 aliphatic carbocycles. The minimum atomic E-state index is -1.09. The van der Waals surface area contributed by atoms with Gasteiger partial charge in [0, 0.05) is 16.5 Å². The average molecular weight is 310 g/mol. The molecule has 1 aromatic heterocycles. The normalized spacial score (nSPS) is 10.7. The third-order valence-electron chi connectivity index (χ3n) is 3.43. The number of nitrogens with one attached hydrogen (secondary N) is 1. The quantitative estimate of drug-likeness (QED) is 0.721. The van der Waals surface area contributed by atoms with Crippen LogP contribution in [0.5, 0.6) is 0 Å². The number of amides is 1. The number of anilines is 1. The lowest BCUT2D eigenvalue weighted by atomic mass is 10.0. The number of carboxylic acid groups (broad SMARTS) is 1. The molecular formula is C17H14N2O4. The van der Waals surface area contributed by atoms with Crippen molar-refractivity contribution < 1.29 is 19.4 Å². The SMILES string of the molecule is CCOC(=O)Nc1ccc2c(C(=O)O)nc3ccccc3c2c1. The lowest BCUT2D eigenvalue weighted by Crippen LogP contribution is -2.13. The van der Waals surface area contributed by atoms with E-state index in [-0.39, 0.29) is 12.3 Å². The molecule has 0 spiro atoms. The predicted molar refractivity (Wildman–Crippen MR) is 86.9 cm³/mol. The maximum absolute atomic E-state index is 11.5. The number of hydrogen-bond acceptors (Lipinski definition) is 4. The van der Waals surface area contributed by atoms with Gasteiger partial charge in [0.1, 0.15) is 0 Å². The van der Waals surface area contributed by atoms with Crippen LogP contribution in [0.2, 0.25) is 0 Å². The number of para-hydroxylation sites is 1. The molecule has 1 amide bonds. The molecule has 116 valence electrons. The predicted octanol–water partition coefficient (Wildman–Crippen LogP) is 3.65. The lowest BCUT2D eigenvalue weighted by molar-refractivity contribution is 0.0693. The maximum atomic E-state index is 11.5. The Hall–Kier alpha value is -3.15. The number of benzene rings is 2. The number of hydrogen-bond donors (Lipinski definition) is 2. The van der Waals surface area contributed by atoms with E-state index >= 15 is 0 Å². The van der Waals surface area contributed by atoms with E-state index in [1.54, 1.807) is 37.3 Å². The van der Waals surface area contributed by atoms with Gasteiger partial charge < -0.3 is 9.84 Å². The summed E-state index contributed by atoms with van der Waals surface area (Å²) in [7, 11) is 0. The van der Waals surface area contributed by atoms with Crippen LogP contribution in [0.4, 0.5) is 10.5 Å². The lowest BCUT2D eigenvalue weighted by Gasteiger charge is -2.10. The Morgan fingerprint density at radius 3 is 2.65 bits per heavy atom. The van der Waals surface area contributed by atoms with Gasteiger partial charge in [-0.15, -0.1) is 0 Å². The van der Waals surface area contributed by atoms with E-state index in [0.29, 0.717) is 22.0 Å². The van der Waals surface area contributed by atoms with Gasteiger partial charge in [-0.05, 0) is 36.6 Å². The number of carbonyl (C=O) groups is 2. The highest BCUT2D eigenvalue weighted by molar-refractivity contribution is 6.14. The molecule has 0 aliphatic heterocycles. The minimum absolute atomic E-state index is 0.0126. The molecule has 0 fully saturated rings. The van der Waals surface area contributed by atoms with Gasteiger partial charge in [0.2, 0.25) is 0 Å². The summed E-state index contributed by atoms with van der Waals surface area (Å²) in [6.45, 7) is 1.99. The van der Waals surface area contributed by atoms with E-state index in [9.17, 15) is 14.7 Å². The van der Waals surface area contributed by atoms with E-state index in [2.05, 4.69) is 10.3 Å². The van der Waals surface area contributed by atoms with Crippen molar-refractivity contribution >= 4 is 39.4 Å². The average Bonchev–Trinajstić information content (AvgIpc) is 2.54. The summed E-state index contributed by atoms with van der Waals surface area (Å²) in [5.41, 5.74) is 1.11. The van der Waals surface area contributed by atoms with Crippen molar-refractivity contribution in [1.82, 2.24) is 4.98 Å². The maximum Gasteiger partial charge on any atom is 0.411 e. The van der Waals surface area contributed by atoms with Gasteiger partial charge in [0.05, 0.1) is 12.1 Å². The number of fused-ring (bicyclic) bond motifs is 3. The number of carboxylic acids is 1. The smallest absolute Gasteiger partial charge is 0.411 e. The van der Waals surface area contributed by atoms with E-state index in [1.165, 1.54) is 0 Å². The summed E-state index contributed by atoms with van der Waals surface area (Å²) in [5, 5.41) is 14.0. The Kier molecular flexibility index (Phi) is 3.80. The van der Waals surface area contributed by atoms with Crippen molar-refractivity contribution in [3.8, 4) is 0 Å². The zero-order chi connectivity index (χ0) is 16.4. The highest BCUT2D eigenvalue weighted by atomic mass is 16.5. The topological polar surface area (TPSA) is 88.5 Å². The van der Waals surface area contributed by atoms with Gasteiger partial charge in [-0.1, -0.05) is 18.2 Å². The Labute approximate surface area is 131 Å². The fourth-order valence-corrected chi connectivity index (χ4v) is 2.48. The van der Waals surface area contributed by atoms with Crippen LogP contribution in [-0.4, -0.2) is 28.8 Å². The van der Waals surface area contributed by atoms with Crippen molar-refractivity contribution in [2.24, 2.45) is 0 Å². The second kappa shape index (κ2) is 5.92. The molecule has 6 nitrogen and oxygen atoms in total. The third-order valence-corrected chi connectivity index (χ3v) is 3.43. The van der Waals surface area contributed by atoms with Crippen LogP contribution in [0.1, 0.15) is 17.4 Å². The van der Waals surface area contributed by atoms with Crippen LogP contribution in [0, 0.1) is 0 Å². The van der Waals surface area contributed by atoms with Crippen LogP contribution >= 0.6 is 0 Å². The van der Waals surface area contributed by atoms with Crippen molar-refractivity contribution in [3.63, 3.8) is 0 Å². The summed E-state index contributed by atoms with van der Waals surface area (Å²) >= 11 is 0. The summed E-state index contributed by atoms with van der Waals surface area (Å²) in [6.07, 6.45) is -0.552. The Morgan fingerprint density at radius 1 is 1.13 bits per heavy atom. The van der Waals surface area contributed by atoms with Crippen molar-refractivity contribution in [2.75, 3.05) is 11.9 Å². The largest absolute Gasteiger partial charge is 0.476 e. The molecule has 6 heteroatoms. The number of rotatable bonds is 3. The molecule has 0 atom stereocenters. The van der Waals surface area contributed by atoms with Gasteiger partial charge in [-0.2, -0.15) is 0 Å².